The fraction of sp³-hybridized carbons (Fsp3) is 0.158. The van der Waals surface area contributed by atoms with Gasteiger partial charge in [-0.2, -0.15) is 0 Å². The van der Waals surface area contributed by atoms with E-state index in [2.05, 4.69) is 29.6 Å². The predicted molar refractivity (Wildman–Crippen MR) is 95.8 cm³/mol. The lowest BCUT2D eigenvalue weighted by molar-refractivity contribution is 0.355. The number of ether oxygens (including phenoxy) is 2. The third kappa shape index (κ3) is 3.20. The maximum atomic E-state index is 6.26. The molecule has 3 aromatic rings. The standard InChI is InChI=1S/C19H18ClNO2/c1-22-18-11-13(10-16(20)19(18)23-2)12-21-17-9-5-7-14-6-3-4-8-15(14)17/h3-11,21H,12H2,1-2H3. The Hall–Kier alpha value is -2.39. The van der Waals surface area contributed by atoms with Crippen LogP contribution >= 0.6 is 11.6 Å². The first-order chi connectivity index (χ1) is 11.2. The lowest BCUT2D eigenvalue weighted by Crippen LogP contribution is -2.01. The van der Waals surface area contributed by atoms with Gasteiger partial charge in [-0.05, 0) is 29.1 Å². The van der Waals surface area contributed by atoms with E-state index < -0.39 is 0 Å². The zero-order valence-corrected chi connectivity index (χ0v) is 13.9. The van der Waals surface area contributed by atoms with Gasteiger partial charge in [-0.25, -0.2) is 0 Å². The van der Waals surface area contributed by atoms with Gasteiger partial charge in [0.1, 0.15) is 0 Å². The van der Waals surface area contributed by atoms with Gasteiger partial charge in [0, 0.05) is 17.6 Å². The molecule has 0 aliphatic rings. The molecule has 0 radical (unpaired) electrons. The van der Waals surface area contributed by atoms with Crippen molar-refractivity contribution in [1.82, 2.24) is 0 Å². The van der Waals surface area contributed by atoms with Crippen molar-refractivity contribution < 1.29 is 9.47 Å². The van der Waals surface area contributed by atoms with Gasteiger partial charge < -0.3 is 14.8 Å². The van der Waals surface area contributed by atoms with E-state index in [1.54, 1.807) is 14.2 Å². The van der Waals surface area contributed by atoms with Crippen molar-refractivity contribution in [2.24, 2.45) is 0 Å². The highest BCUT2D eigenvalue weighted by atomic mass is 35.5. The minimum absolute atomic E-state index is 0.543. The van der Waals surface area contributed by atoms with Crippen LogP contribution in [0.2, 0.25) is 5.02 Å². The smallest absolute Gasteiger partial charge is 0.179 e. The first-order valence-electron chi connectivity index (χ1n) is 7.35. The molecule has 0 amide bonds. The molecule has 0 spiro atoms. The van der Waals surface area contributed by atoms with E-state index in [0.717, 1.165) is 11.3 Å². The van der Waals surface area contributed by atoms with Crippen LogP contribution in [0.5, 0.6) is 11.5 Å². The summed E-state index contributed by atoms with van der Waals surface area (Å²) in [7, 11) is 3.19. The third-order valence-corrected chi connectivity index (χ3v) is 4.05. The van der Waals surface area contributed by atoms with Gasteiger partial charge in [0.05, 0.1) is 19.2 Å². The van der Waals surface area contributed by atoms with Crippen LogP contribution in [0.15, 0.2) is 54.6 Å². The van der Waals surface area contributed by atoms with Crippen LogP contribution in [0, 0.1) is 0 Å². The molecule has 3 aromatic carbocycles. The molecule has 4 heteroatoms. The number of hydrogen-bond donors (Lipinski definition) is 1. The largest absolute Gasteiger partial charge is 0.493 e. The van der Waals surface area contributed by atoms with Crippen LogP contribution in [-0.2, 0) is 6.54 Å². The molecule has 0 fully saturated rings. The number of hydrogen-bond acceptors (Lipinski definition) is 3. The monoisotopic (exact) mass is 327 g/mol. The Morgan fingerprint density at radius 1 is 0.957 bits per heavy atom. The van der Waals surface area contributed by atoms with E-state index in [-0.39, 0.29) is 0 Å². The van der Waals surface area contributed by atoms with Crippen molar-refractivity contribution in [3.8, 4) is 11.5 Å². The fourth-order valence-corrected chi connectivity index (χ4v) is 2.96. The Labute approximate surface area is 140 Å². The van der Waals surface area contributed by atoms with Gasteiger partial charge in [0.2, 0.25) is 0 Å². The van der Waals surface area contributed by atoms with Crippen LogP contribution in [0.25, 0.3) is 10.8 Å². The first-order valence-corrected chi connectivity index (χ1v) is 7.72. The second kappa shape index (κ2) is 6.80. The molecule has 3 nitrogen and oxygen atoms in total. The topological polar surface area (TPSA) is 30.5 Å². The van der Waals surface area contributed by atoms with Gasteiger partial charge in [0.25, 0.3) is 0 Å². The van der Waals surface area contributed by atoms with Crippen molar-refractivity contribution in [2.45, 2.75) is 6.54 Å². The summed E-state index contributed by atoms with van der Waals surface area (Å²) in [6.45, 7) is 0.647. The maximum Gasteiger partial charge on any atom is 0.179 e. The predicted octanol–water partition coefficient (Wildman–Crippen LogP) is 5.12. The quantitative estimate of drug-likeness (QED) is 0.705. The second-order valence-electron chi connectivity index (χ2n) is 5.19. The number of anilines is 1. The Bertz CT molecular complexity index is 827. The van der Waals surface area contributed by atoms with Crippen molar-refractivity contribution in [2.75, 3.05) is 19.5 Å². The lowest BCUT2D eigenvalue weighted by Gasteiger charge is -2.13. The van der Waals surface area contributed by atoms with Crippen molar-refractivity contribution in [1.29, 1.82) is 0 Å². The van der Waals surface area contributed by atoms with Gasteiger partial charge >= 0.3 is 0 Å². The fourth-order valence-electron chi connectivity index (χ4n) is 2.65. The van der Waals surface area contributed by atoms with Gasteiger partial charge in [-0.1, -0.05) is 48.0 Å². The van der Waals surface area contributed by atoms with E-state index in [1.165, 1.54) is 10.8 Å². The average molecular weight is 328 g/mol. The van der Waals surface area contributed by atoms with Crippen LogP contribution in [0.3, 0.4) is 0 Å². The molecule has 118 valence electrons. The van der Waals surface area contributed by atoms with Crippen LogP contribution in [0.4, 0.5) is 5.69 Å². The summed E-state index contributed by atoms with van der Waals surface area (Å²) in [4.78, 5) is 0. The van der Waals surface area contributed by atoms with Crippen LogP contribution in [0.1, 0.15) is 5.56 Å². The molecule has 0 aliphatic heterocycles. The maximum absolute atomic E-state index is 6.26. The SMILES string of the molecule is COc1cc(CNc2cccc3ccccc23)cc(Cl)c1OC. The zero-order valence-electron chi connectivity index (χ0n) is 13.1. The summed E-state index contributed by atoms with van der Waals surface area (Å²) < 4.78 is 10.6. The van der Waals surface area contributed by atoms with E-state index in [1.807, 2.05) is 30.3 Å². The Balaban J connectivity index is 1.87. The zero-order chi connectivity index (χ0) is 16.2. The molecule has 0 heterocycles. The molecular formula is C19H18ClNO2. The molecule has 0 bridgehead atoms. The molecule has 23 heavy (non-hydrogen) atoms. The highest BCUT2D eigenvalue weighted by Crippen LogP contribution is 2.36. The summed E-state index contributed by atoms with van der Waals surface area (Å²) in [5.74, 6) is 1.19. The molecule has 0 aliphatic carbocycles. The minimum Gasteiger partial charge on any atom is -0.493 e. The summed E-state index contributed by atoms with van der Waals surface area (Å²) in [6.07, 6.45) is 0. The number of fused-ring (bicyclic) bond motifs is 1. The second-order valence-corrected chi connectivity index (χ2v) is 5.60. The molecule has 0 saturated heterocycles. The molecule has 0 aromatic heterocycles. The number of rotatable bonds is 5. The van der Waals surface area contributed by atoms with Gasteiger partial charge in [-0.3, -0.25) is 0 Å². The van der Waals surface area contributed by atoms with Gasteiger partial charge in [0.15, 0.2) is 11.5 Å². The summed E-state index contributed by atoms with van der Waals surface area (Å²) in [5, 5.41) is 6.41. The Morgan fingerprint density at radius 2 is 1.74 bits per heavy atom. The third-order valence-electron chi connectivity index (χ3n) is 3.77. The van der Waals surface area contributed by atoms with Crippen molar-refractivity contribution in [3.63, 3.8) is 0 Å². The Morgan fingerprint density at radius 3 is 2.52 bits per heavy atom. The number of methoxy groups -OCH3 is 2. The van der Waals surface area contributed by atoms with E-state index in [0.29, 0.717) is 23.1 Å². The number of halogens is 1. The molecular weight excluding hydrogens is 310 g/mol. The highest BCUT2D eigenvalue weighted by Gasteiger charge is 2.11. The lowest BCUT2D eigenvalue weighted by atomic mass is 10.1. The van der Waals surface area contributed by atoms with E-state index in [4.69, 9.17) is 21.1 Å². The highest BCUT2D eigenvalue weighted by molar-refractivity contribution is 6.32. The first kappa shape index (κ1) is 15.5. The van der Waals surface area contributed by atoms with E-state index in [9.17, 15) is 0 Å². The normalized spacial score (nSPS) is 10.6. The van der Waals surface area contributed by atoms with Crippen LogP contribution in [-0.4, -0.2) is 14.2 Å². The summed E-state index contributed by atoms with van der Waals surface area (Å²) >= 11 is 6.26. The van der Waals surface area contributed by atoms with Gasteiger partial charge in [-0.15, -0.1) is 0 Å². The molecule has 1 N–H and O–H groups in total. The average Bonchev–Trinajstić information content (AvgIpc) is 2.59. The van der Waals surface area contributed by atoms with Crippen molar-refractivity contribution >= 4 is 28.1 Å². The van der Waals surface area contributed by atoms with Crippen molar-refractivity contribution in [3.05, 3.63) is 65.2 Å². The summed E-state index contributed by atoms with van der Waals surface area (Å²) in [6, 6.07) is 18.3. The molecule has 0 atom stereocenters. The summed E-state index contributed by atoms with van der Waals surface area (Å²) in [5.41, 5.74) is 2.12. The van der Waals surface area contributed by atoms with E-state index >= 15 is 0 Å². The molecule has 0 unspecified atom stereocenters. The molecule has 0 saturated carbocycles. The molecule has 3 rings (SSSR count). The number of benzene rings is 3. The minimum atomic E-state index is 0.543. The number of nitrogens with one attached hydrogen (secondary N) is 1. The Kier molecular flexibility index (Phi) is 4.58. The van der Waals surface area contributed by atoms with Crippen LogP contribution < -0.4 is 14.8 Å².